The van der Waals surface area contributed by atoms with Gasteiger partial charge in [-0.2, -0.15) is 0 Å². The van der Waals surface area contributed by atoms with E-state index in [2.05, 4.69) is 15.0 Å². The Morgan fingerprint density at radius 1 is 1.40 bits per heavy atom. The predicted octanol–water partition coefficient (Wildman–Crippen LogP) is 1.31. The average Bonchev–Trinajstić information content (AvgIpc) is 2.53. The van der Waals surface area contributed by atoms with Gasteiger partial charge in [0, 0.05) is 18.8 Å². The van der Waals surface area contributed by atoms with Crippen molar-refractivity contribution in [1.29, 1.82) is 0 Å². The van der Waals surface area contributed by atoms with Gasteiger partial charge in [0.15, 0.2) is 5.84 Å². The number of nitrogens with two attached hydrogens (primary N) is 1. The number of hydrogen-bond donors (Lipinski definition) is 3. The number of hydrogen-bond acceptors (Lipinski definition) is 5. The van der Waals surface area contributed by atoms with Crippen molar-refractivity contribution in [1.82, 2.24) is 4.98 Å². The molecule has 0 aliphatic heterocycles. The van der Waals surface area contributed by atoms with E-state index in [0.717, 1.165) is 12.8 Å². The van der Waals surface area contributed by atoms with Crippen LogP contribution in [0.15, 0.2) is 23.5 Å². The lowest BCUT2D eigenvalue weighted by molar-refractivity contribution is 0.289. The van der Waals surface area contributed by atoms with Crippen molar-refractivity contribution in [2.75, 3.05) is 18.1 Å². The molecule has 0 spiro atoms. The van der Waals surface area contributed by atoms with E-state index in [-0.39, 0.29) is 12.4 Å². The minimum atomic E-state index is 0.0480. The molecule has 6 heteroatoms. The lowest BCUT2D eigenvalue weighted by Gasteiger charge is -2.35. The second-order valence-electron chi connectivity index (χ2n) is 5.07. The summed E-state index contributed by atoms with van der Waals surface area (Å²) in [5.41, 5.74) is 6.33. The highest BCUT2D eigenvalue weighted by atomic mass is 16.4. The molecule has 110 valence electrons. The van der Waals surface area contributed by atoms with Gasteiger partial charge in [-0.3, -0.25) is 0 Å². The Hall–Kier alpha value is -1.82. The van der Waals surface area contributed by atoms with Gasteiger partial charge in [-0.15, -0.1) is 0 Å². The molecule has 1 heterocycles. The van der Waals surface area contributed by atoms with Gasteiger partial charge >= 0.3 is 0 Å². The minimum Gasteiger partial charge on any atom is -0.409 e. The van der Waals surface area contributed by atoms with E-state index in [1.165, 1.54) is 19.3 Å². The van der Waals surface area contributed by atoms with Crippen LogP contribution in [0, 0.1) is 0 Å². The zero-order valence-electron chi connectivity index (χ0n) is 11.6. The highest BCUT2D eigenvalue weighted by Crippen LogP contribution is 2.27. The summed E-state index contributed by atoms with van der Waals surface area (Å²) in [7, 11) is 0. The highest BCUT2D eigenvalue weighted by molar-refractivity contribution is 6.01. The quantitative estimate of drug-likeness (QED) is 0.327. The number of aliphatic hydroxyl groups is 1. The lowest BCUT2D eigenvalue weighted by Crippen LogP contribution is -2.40. The van der Waals surface area contributed by atoms with Crippen LogP contribution in [0.25, 0.3) is 0 Å². The van der Waals surface area contributed by atoms with Crippen molar-refractivity contribution in [3.63, 3.8) is 0 Å². The van der Waals surface area contributed by atoms with Gasteiger partial charge < -0.3 is 20.9 Å². The number of aliphatic hydroxyl groups excluding tert-OH is 1. The fraction of sp³-hybridized carbons (Fsp3) is 0.571. The van der Waals surface area contributed by atoms with Crippen LogP contribution in [0.4, 0.5) is 5.82 Å². The summed E-state index contributed by atoms with van der Waals surface area (Å²) in [6.45, 7) is 0.566. The second-order valence-corrected chi connectivity index (χ2v) is 5.07. The van der Waals surface area contributed by atoms with Gasteiger partial charge in [0.05, 0.1) is 12.2 Å². The van der Waals surface area contributed by atoms with Gasteiger partial charge in [0.1, 0.15) is 5.82 Å². The van der Waals surface area contributed by atoms with Gasteiger partial charge in [0.25, 0.3) is 0 Å². The van der Waals surface area contributed by atoms with E-state index >= 15 is 0 Å². The summed E-state index contributed by atoms with van der Waals surface area (Å²) in [6.07, 6.45) is 7.52. The standard InChI is InChI=1S/C14H22N4O2/c15-13(17-20)12-7-4-8-16-14(12)18(9-10-19)11-5-2-1-3-6-11/h4,7-8,11,19-20H,1-3,5-6,9-10H2,(H2,15,17). The molecule has 1 aromatic heterocycles. The molecule has 0 unspecified atom stereocenters. The van der Waals surface area contributed by atoms with Crippen molar-refractivity contribution in [3.05, 3.63) is 23.9 Å². The van der Waals surface area contributed by atoms with Gasteiger partial charge in [-0.1, -0.05) is 24.4 Å². The predicted molar refractivity (Wildman–Crippen MR) is 78.1 cm³/mol. The molecular formula is C14H22N4O2. The number of aromatic nitrogens is 1. The fourth-order valence-corrected chi connectivity index (χ4v) is 2.84. The van der Waals surface area contributed by atoms with Crippen LogP contribution in [0.2, 0.25) is 0 Å². The van der Waals surface area contributed by atoms with E-state index in [1.54, 1.807) is 18.3 Å². The van der Waals surface area contributed by atoms with Crippen LogP contribution >= 0.6 is 0 Å². The molecule has 0 aromatic carbocycles. The Kier molecular flexibility index (Phi) is 5.17. The first-order valence-electron chi connectivity index (χ1n) is 7.08. The third kappa shape index (κ3) is 3.19. The molecule has 0 amide bonds. The first-order chi connectivity index (χ1) is 9.77. The van der Waals surface area contributed by atoms with Crippen LogP contribution in [0.3, 0.4) is 0 Å². The average molecular weight is 278 g/mol. The van der Waals surface area contributed by atoms with Crippen molar-refractivity contribution >= 4 is 11.7 Å². The van der Waals surface area contributed by atoms with E-state index < -0.39 is 0 Å². The molecular weight excluding hydrogens is 256 g/mol. The fourth-order valence-electron chi connectivity index (χ4n) is 2.84. The molecule has 4 N–H and O–H groups in total. The number of oxime groups is 1. The summed E-state index contributed by atoms with van der Waals surface area (Å²) >= 11 is 0. The largest absolute Gasteiger partial charge is 0.409 e. The summed E-state index contributed by atoms with van der Waals surface area (Å²) in [5, 5.41) is 21.3. The van der Waals surface area contributed by atoms with E-state index in [1.807, 2.05) is 0 Å². The number of nitrogens with zero attached hydrogens (tertiary/aromatic N) is 3. The smallest absolute Gasteiger partial charge is 0.173 e. The van der Waals surface area contributed by atoms with Gasteiger partial charge in [0.2, 0.25) is 0 Å². The maximum absolute atomic E-state index is 9.34. The molecule has 20 heavy (non-hydrogen) atoms. The molecule has 1 aliphatic carbocycles. The Bertz CT molecular complexity index is 458. The van der Waals surface area contributed by atoms with E-state index in [4.69, 9.17) is 10.9 Å². The topological polar surface area (TPSA) is 95.0 Å². The first-order valence-corrected chi connectivity index (χ1v) is 7.08. The van der Waals surface area contributed by atoms with Crippen LogP contribution in [0.5, 0.6) is 0 Å². The molecule has 2 rings (SSSR count). The van der Waals surface area contributed by atoms with E-state index in [9.17, 15) is 5.11 Å². The normalized spacial score (nSPS) is 17.1. The zero-order valence-corrected chi connectivity index (χ0v) is 11.6. The molecule has 6 nitrogen and oxygen atoms in total. The Labute approximate surface area is 118 Å². The molecule has 0 bridgehead atoms. The number of rotatable bonds is 5. The minimum absolute atomic E-state index is 0.0480. The maximum atomic E-state index is 9.34. The molecule has 0 saturated heterocycles. The SMILES string of the molecule is N/C(=N/O)c1cccnc1N(CCO)C1CCCCC1. The van der Waals surface area contributed by atoms with Crippen LogP contribution in [-0.2, 0) is 0 Å². The third-order valence-corrected chi connectivity index (χ3v) is 3.80. The summed E-state index contributed by atoms with van der Waals surface area (Å²) in [5.74, 6) is 0.732. The zero-order chi connectivity index (χ0) is 14.4. The summed E-state index contributed by atoms with van der Waals surface area (Å²) in [4.78, 5) is 6.47. The van der Waals surface area contributed by atoms with Crippen molar-refractivity contribution < 1.29 is 10.3 Å². The molecule has 1 fully saturated rings. The van der Waals surface area contributed by atoms with Crippen LogP contribution in [-0.4, -0.2) is 40.3 Å². The van der Waals surface area contributed by atoms with Crippen LogP contribution in [0.1, 0.15) is 37.7 Å². The molecule has 1 aromatic rings. The highest BCUT2D eigenvalue weighted by Gasteiger charge is 2.24. The first kappa shape index (κ1) is 14.6. The molecule has 0 atom stereocenters. The summed E-state index contributed by atoms with van der Waals surface area (Å²) < 4.78 is 0. The monoisotopic (exact) mass is 278 g/mol. The molecule has 0 radical (unpaired) electrons. The Morgan fingerprint density at radius 2 is 2.15 bits per heavy atom. The number of pyridine rings is 1. The maximum Gasteiger partial charge on any atom is 0.173 e. The Balaban J connectivity index is 2.33. The van der Waals surface area contributed by atoms with Crippen LogP contribution < -0.4 is 10.6 Å². The number of amidine groups is 1. The van der Waals surface area contributed by atoms with Crippen molar-refractivity contribution in [2.45, 2.75) is 38.1 Å². The van der Waals surface area contributed by atoms with Gasteiger partial charge in [-0.05, 0) is 25.0 Å². The van der Waals surface area contributed by atoms with E-state index in [0.29, 0.717) is 24.0 Å². The number of anilines is 1. The van der Waals surface area contributed by atoms with Crippen molar-refractivity contribution in [2.24, 2.45) is 10.9 Å². The second kappa shape index (κ2) is 7.09. The van der Waals surface area contributed by atoms with Gasteiger partial charge in [-0.25, -0.2) is 4.98 Å². The summed E-state index contributed by atoms with van der Waals surface area (Å²) in [6, 6.07) is 3.90. The third-order valence-electron chi connectivity index (χ3n) is 3.80. The molecule has 1 aliphatic rings. The lowest BCUT2D eigenvalue weighted by atomic mass is 9.94. The van der Waals surface area contributed by atoms with Crippen molar-refractivity contribution in [3.8, 4) is 0 Å². The molecule has 1 saturated carbocycles. The Morgan fingerprint density at radius 3 is 2.80 bits per heavy atom.